The van der Waals surface area contributed by atoms with Crippen LogP contribution in [0.2, 0.25) is 0 Å². The molecule has 1 aliphatic rings. The van der Waals surface area contributed by atoms with Crippen LogP contribution in [0.4, 0.5) is 0 Å². The van der Waals surface area contributed by atoms with Gasteiger partial charge in [-0.15, -0.1) is 0 Å². The van der Waals surface area contributed by atoms with Crippen LogP contribution in [0.1, 0.15) is 27.7 Å². The summed E-state index contributed by atoms with van der Waals surface area (Å²) in [6, 6.07) is 37.0. The monoisotopic (exact) mass is 456 g/mol. The van der Waals surface area contributed by atoms with E-state index in [1.54, 1.807) is 0 Å². The van der Waals surface area contributed by atoms with E-state index in [1.165, 1.54) is 43.8 Å². The number of hydrogen-bond donors (Lipinski definition) is 0. The zero-order chi connectivity index (χ0) is 24.2. The van der Waals surface area contributed by atoms with Gasteiger partial charge in [-0.2, -0.15) is 0 Å². The summed E-state index contributed by atoms with van der Waals surface area (Å²) in [6.45, 7) is 8.37. The number of hydrogen-bond acceptors (Lipinski definition) is 2. The Labute approximate surface area is 207 Å². The Morgan fingerprint density at radius 1 is 0.514 bits per heavy atom. The summed E-state index contributed by atoms with van der Waals surface area (Å²) in [5.74, 6) is 0. The Morgan fingerprint density at radius 2 is 1.09 bits per heavy atom. The summed E-state index contributed by atoms with van der Waals surface area (Å²) in [6.07, 6.45) is 0. The van der Waals surface area contributed by atoms with Gasteiger partial charge < -0.3 is 9.31 Å². The normalized spacial score (nSPS) is 16.7. The molecule has 6 rings (SSSR count). The third-order valence-electron chi connectivity index (χ3n) is 7.71. The standard InChI is InChI=1S/C32H29BO2/c1-31(2)32(3,4)35-33(34-31)26-13-9-12-24(21-26)27-18-19-28(30-15-8-7-14-29(27)30)25-17-16-22-10-5-6-11-23(22)20-25/h5-21H,1-4H3. The minimum absolute atomic E-state index is 0.359. The first-order valence-electron chi connectivity index (χ1n) is 12.3. The third-order valence-corrected chi connectivity index (χ3v) is 7.71. The lowest BCUT2D eigenvalue weighted by atomic mass is 9.77. The zero-order valence-electron chi connectivity index (χ0n) is 20.7. The van der Waals surface area contributed by atoms with E-state index in [4.69, 9.17) is 9.31 Å². The summed E-state index contributed by atoms with van der Waals surface area (Å²) in [4.78, 5) is 0. The van der Waals surface area contributed by atoms with Gasteiger partial charge in [0.2, 0.25) is 0 Å². The van der Waals surface area contributed by atoms with Gasteiger partial charge in [-0.1, -0.05) is 97.1 Å². The summed E-state index contributed by atoms with van der Waals surface area (Å²) < 4.78 is 12.6. The predicted molar refractivity (Wildman–Crippen MR) is 148 cm³/mol. The minimum Gasteiger partial charge on any atom is -0.399 e. The maximum Gasteiger partial charge on any atom is 0.494 e. The van der Waals surface area contributed by atoms with Crippen LogP contribution in [0.3, 0.4) is 0 Å². The molecule has 0 atom stereocenters. The molecule has 0 aliphatic carbocycles. The number of benzene rings is 5. The van der Waals surface area contributed by atoms with Crippen molar-refractivity contribution in [2.75, 3.05) is 0 Å². The van der Waals surface area contributed by atoms with Crippen LogP contribution >= 0.6 is 0 Å². The molecule has 0 spiro atoms. The van der Waals surface area contributed by atoms with Gasteiger partial charge in [-0.3, -0.25) is 0 Å². The van der Waals surface area contributed by atoms with Crippen LogP contribution in [0.25, 0.3) is 43.8 Å². The highest BCUT2D eigenvalue weighted by molar-refractivity contribution is 6.62. The van der Waals surface area contributed by atoms with Crippen molar-refractivity contribution < 1.29 is 9.31 Å². The zero-order valence-corrected chi connectivity index (χ0v) is 20.7. The van der Waals surface area contributed by atoms with E-state index in [0.717, 1.165) is 5.46 Å². The highest BCUT2D eigenvalue weighted by Crippen LogP contribution is 2.38. The quantitative estimate of drug-likeness (QED) is 0.260. The second-order valence-corrected chi connectivity index (χ2v) is 10.5. The molecule has 0 saturated carbocycles. The maximum atomic E-state index is 6.32. The lowest BCUT2D eigenvalue weighted by Gasteiger charge is -2.32. The third kappa shape index (κ3) is 3.76. The van der Waals surface area contributed by atoms with Gasteiger partial charge in [0, 0.05) is 0 Å². The van der Waals surface area contributed by atoms with E-state index in [1.807, 2.05) is 0 Å². The van der Waals surface area contributed by atoms with E-state index >= 15 is 0 Å². The van der Waals surface area contributed by atoms with Crippen LogP contribution in [0.15, 0.2) is 103 Å². The largest absolute Gasteiger partial charge is 0.494 e. The van der Waals surface area contributed by atoms with Crippen molar-refractivity contribution in [2.45, 2.75) is 38.9 Å². The topological polar surface area (TPSA) is 18.5 Å². The smallest absolute Gasteiger partial charge is 0.399 e. The fraction of sp³-hybridized carbons (Fsp3) is 0.188. The lowest BCUT2D eigenvalue weighted by molar-refractivity contribution is 0.00578. The highest BCUT2D eigenvalue weighted by atomic mass is 16.7. The van der Waals surface area contributed by atoms with Gasteiger partial charge in [0.15, 0.2) is 0 Å². The molecular weight excluding hydrogens is 427 g/mol. The Bertz CT molecular complexity index is 1550. The molecule has 1 saturated heterocycles. The average Bonchev–Trinajstić information content (AvgIpc) is 3.09. The molecule has 0 N–H and O–H groups in total. The Hall–Kier alpha value is -3.40. The second kappa shape index (κ2) is 8.08. The van der Waals surface area contributed by atoms with Gasteiger partial charge in [0.25, 0.3) is 0 Å². The highest BCUT2D eigenvalue weighted by Gasteiger charge is 2.51. The van der Waals surface area contributed by atoms with Crippen molar-refractivity contribution in [1.82, 2.24) is 0 Å². The van der Waals surface area contributed by atoms with Crippen molar-refractivity contribution >= 4 is 34.1 Å². The first-order chi connectivity index (χ1) is 16.8. The molecular formula is C32H29BO2. The SMILES string of the molecule is CC1(C)OB(c2cccc(-c3ccc(-c4ccc5ccccc5c4)c4ccccc34)c2)OC1(C)C. The molecule has 5 aromatic carbocycles. The maximum absolute atomic E-state index is 6.32. The molecule has 0 aromatic heterocycles. The van der Waals surface area contributed by atoms with Crippen LogP contribution in [0, 0.1) is 0 Å². The van der Waals surface area contributed by atoms with Crippen molar-refractivity contribution in [3.8, 4) is 22.3 Å². The molecule has 0 unspecified atom stereocenters. The molecule has 35 heavy (non-hydrogen) atoms. The second-order valence-electron chi connectivity index (χ2n) is 10.5. The van der Waals surface area contributed by atoms with Crippen LogP contribution < -0.4 is 5.46 Å². The Morgan fingerprint density at radius 3 is 1.74 bits per heavy atom. The molecule has 0 amide bonds. The van der Waals surface area contributed by atoms with Crippen molar-refractivity contribution in [3.05, 3.63) is 103 Å². The van der Waals surface area contributed by atoms with Crippen LogP contribution in [-0.2, 0) is 9.31 Å². The van der Waals surface area contributed by atoms with Gasteiger partial charge in [0.05, 0.1) is 11.2 Å². The van der Waals surface area contributed by atoms with E-state index in [-0.39, 0.29) is 18.3 Å². The molecule has 5 aromatic rings. The Balaban J connectivity index is 1.44. The fourth-order valence-corrected chi connectivity index (χ4v) is 4.99. The first-order valence-corrected chi connectivity index (χ1v) is 12.3. The summed E-state index contributed by atoms with van der Waals surface area (Å²) in [5.41, 5.74) is 5.18. The fourth-order valence-electron chi connectivity index (χ4n) is 4.99. The van der Waals surface area contributed by atoms with Crippen LogP contribution in [0.5, 0.6) is 0 Å². The van der Waals surface area contributed by atoms with Gasteiger partial charge >= 0.3 is 7.12 Å². The molecule has 0 radical (unpaired) electrons. The molecule has 0 bridgehead atoms. The van der Waals surface area contributed by atoms with Gasteiger partial charge in [-0.05, 0) is 83.0 Å². The summed E-state index contributed by atoms with van der Waals surface area (Å²) in [7, 11) is -0.372. The molecule has 1 aliphatic heterocycles. The van der Waals surface area contributed by atoms with Gasteiger partial charge in [-0.25, -0.2) is 0 Å². The van der Waals surface area contributed by atoms with Crippen molar-refractivity contribution in [3.63, 3.8) is 0 Å². The average molecular weight is 456 g/mol. The van der Waals surface area contributed by atoms with Crippen molar-refractivity contribution in [2.24, 2.45) is 0 Å². The molecule has 2 nitrogen and oxygen atoms in total. The summed E-state index contributed by atoms with van der Waals surface area (Å²) in [5, 5.41) is 5.01. The van der Waals surface area contributed by atoms with E-state index in [0.29, 0.717) is 0 Å². The van der Waals surface area contributed by atoms with Crippen molar-refractivity contribution in [1.29, 1.82) is 0 Å². The number of fused-ring (bicyclic) bond motifs is 2. The van der Waals surface area contributed by atoms with E-state index < -0.39 is 0 Å². The molecule has 1 fully saturated rings. The molecule has 3 heteroatoms. The Kier molecular flexibility index (Phi) is 5.10. The lowest BCUT2D eigenvalue weighted by Crippen LogP contribution is -2.41. The predicted octanol–water partition coefficient (Wildman–Crippen LogP) is 7.63. The molecule has 172 valence electrons. The van der Waals surface area contributed by atoms with Crippen LogP contribution in [-0.4, -0.2) is 18.3 Å². The van der Waals surface area contributed by atoms with Gasteiger partial charge in [0.1, 0.15) is 0 Å². The number of rotatable bonds is 3. The van der Waals surface area contributed by atoms with E-state index in [2.05, 4.69) is 131 Å². The molecule has 1 heterocycles. The first kappa shape index (κ1) is 22.1. The minimum atomic E-state index is -0.372. The van der Waals surface area contributed by atoms with E-state index in [9.17, 15) is 0 Å². The summed E-state index contributed by atoms with van der Waals surface area (Å²) >= 11 is 0.